The summed E-state index contributed by atoms with van der Waals surface area (Å²) in [6, 6.07) is 8.35. The van der Waals surface area contributed by atoms with E-state index in [0.29, 0.717) is 5.92 Å². The molecule has 0 radical (unpaired) electrons. The summed E-state index contributed by atoms with van der Waals surface area (Å²) < 4.78 is 0. The summed E-state index contributed by atoms with van der Waals surface area (Å²) >= 11 is 2.04. The van der Waals surface area contributed by atoms with E-state index in [-0.39, 0.29) is 11.8 Å². The predicted molar refractivity (Wildman–Crippen MR) is 96.6 cm³/mol. The lowest BCUT2D eigenvalue weighted by atomic mass is 9.88. The molecular weight excluding hydrogens is 304 g/mol. The van der Waals surface area contributed by atoms with Gasteiger partial charge in [0.1, 0.15) is 0 Å². The minimum absolute atomic E-state index is 0.258. The Balaban J connectivity index is 1.43. The summed E-state index contributed by atoms with van der Waals surface area (Å²) in [6.45, 7) is 3.26. The molecule has 4 rings (SSSR count). The molecule has 1 N–H and O–H groups in total. The molecule has 1 aliphatic heterocycles. The van der Waals surface area contributed by atoms with Gasteiger partial charge in [0.25, 0.3) is 0 Å². The van der Waals surface area contributed by atoms with Crippen molar-refractivity contribution in [2.24, 2.45) is 17.8 Å². The molecule has 124 valence electrons. The van der Waals surface area contributed by atoms with Gasteiger partial charge in [0.15, 0.2) is 0 Å². The number of amides is 1. The lowest BCUT2D eigenvalue weighted by molar-refractivity contribution is -0.121. The van der Waals surface area contributed by atoms with Crippen molar-refractivity contribution in [3.63, 3.8) is 0 Å². The Morgan fingerprint density at radius 2 is 2.00 bits per heavy atom. The van der Waals surface area contributed by atoms with Crippen molar-refractivity contribution in [2.45, 2.75) is 32.2 Å². The van der Waals surface area contributed by atoms with Crippen molar-refractivity contribution in [2.75, 3.05) is 29.9 Å². The van der Waals surface area contributed by atoms with Gasteiger partial charge in [0.2, 0.25) is 5.91 Å². The molecule has 3 nitrogen and oxygen atoms in total. The molecule has 1 aromatic rings. The van der Waals surface area contributed by atoms with Crippen molar-refractivity contribution in [1.29, 1.82) is 0 Å². The zero-order valence-corrected chi connectivity index (χ0v) is 14.5. The number of carbonyl (C=O) groups is 1. The van der Waals surface area contributed by atoms with Crippen LogP contribution < -0.4 is 5.32 Å². The third-order valence-corrected chi connectivity index (χ3v) is 6.79. The highest BCUT2D eigenvalue weighted by atomic mass is 32.2. The van der Waals surface area contributed by atoms with Gasteiger partial charge >= 0.3 is 0 Å². The van der Waals surface area contributed by atoms with Crippen LogP contribution in [0.25, 0.3) is 0 Å². The highest BCUT2D eigenvalue weighted by Crippen LogP contribution is 2.48. The van der Waals surface area contributed by atoms with Crippen molar-refractivity contribution < 1.29 is 4.79 Å². The van der Waals surface area contributed by atoms with Crippen molar-refractivity contribution in [3.05, 3.63) is 29.8 Å². The summed E-state index contributed by atoms with van der Waals surface area (Å²) in [5, 5.41) is 3.26. The molecule has 0 unspecified atom stereocenters. The standard InChI is InChI=1S/C19H26N2OS/c22-19(17-12-14-5-6-15(17)11-14)20-18-4-2-1-3-16(18)13-21-7-9-23-10-8-21/h1-4,14-15,17H,5-13H2,(H,20,22)/t14-,15-,17+/m0/s1. The molecule has 1 aromatic carbocycles. The maximum Gasteiger partial charge on any atom is 0.227 e. The summed E-state index contributed by atoms with van der Waals surface area (Å²) in [5.74, 6) is 4.43. The lowest BCUT2D eigenvalue weighted by Gasteiger charge is -2.27. The van der Waals surface area contributed by atoms with E-state index < -0.39 is 0 Å². The van der Waals surface area contributed by atoms with Gasteiger partial charge in [-0.15, -0.1) is 0 Å². The van der Waals surface area contributed by atoms with Crippen LogP contribution >= 0.6 is 11.8 Å². The van der Waals surface area contributed by atoms with Crippen LogP contribution in [0.15, 0.2) is 24.3 Å². The number of hydrogen-bond acceptors (Lipinski definition) is 3. The summed E-state index contributed by atoms with van der Waals surface area (Å²) in [5.41, 5.74) is 2.29. The fourth-order valence-electron chi connectivity index (χ4n) is 4.57. The van der Waals surface area contributed by atoms with Gasteiger partial charge in [0.05, 0.1) is 0 Å². The molecule has 1 heterocycles. The Kier molecular flexibility index (Phi) is 4.63. The molecule has 23 heavy (non-hydrogen) atoms. The van der Waals surface area contributed by atoms with E-state index in [1.165, 1.54) is 36.3 Å². The van der Waals surface area contributed by atoms with E-state index >= 15 is 0 Å². The fourth-order valence-corrected chi connectivity index (χ4v) is 5.55. The lowest BCUT2D eigenvalue weighted by Crippen LogP contribution is -2.32. The molecule has 1 amide bonds. The van der Waals surface area contributed by atoms with E-state index in [9.17, 15) is 4.79 Å². The van der Waals surface area contributed by atoms with Gasteiger partial charge in [-0.3, -0.25) is 9.69 Å². The van der Waals surface area contributed by atoms with Crippen LogP contribution in [0.3, 0.4) is 0 Å². The number of fused-ring (bicyclic) bond motifs is 2. The number of carbonyl (C=O) groups excluding carboxylic acids is 1. The van der Waals surface area contributed by atoms with Crippen LogP contribution in [0.2, 0.25) is 0 Å². The van der Waals surface area contributed by atoms with Gasteiger partial charge in [-0.1, -0.05) is 24.6 Å². The minimum atomic E-state index is 0.258. The molecule has 0 aromatic heterocycles. The second-order valence-corrected chi connectivity index (χ2v) is 8.54. The first kappa shape index (κ1) is 15.5. The minimum Gasteiger partial charge on any atom is -0.326 e. The quantitative estimate of drug-likeness (QED) is 0.915. The first-order valence-electron chi connectivity index (χ1n) is 8.98. The molecule has 3 atom stereocenters. The van der Waals surface area contributed by atoms with Crippen LogP contribution in [0, 0.1) is 17.8 Å². The first-order valence-corrected chi connectivity index (χ1v) is 10.1. The monoisotopic (exact) mass is 330 g/mol. The van der Waals surface area contributed by atoms with Crippen LogP contribution in [0.5, 0.6) is 0 Å². The van der Waals surface area contributed by atoms with Crippen LogP contribution in [-0.4, -0.2) is 35.4 Å². The number of thioether (sulfide) groups is 1. The van der Waals surface area contributed by atoms with E-state index in [0.717, 1.165) is 37.7 Å². The average molecular weight is 330 g/mol. The zero-order chi connectivity index (χ0) is 15.6. The molecular formula is C19H26N2OS. The third kappa shape index (κ3) is 3.43. The number of para-hydroxylation sites is 1. The fraction of sp³-hybridized carbons (Fsp3) is 0.632. The van der Waals surface area contributed by atoms with Crippen LogP contribution in [-0.2, 0) is 11.3 Å². The van der Waals surface area contributed by atoms with Crippen molar-refractivity contribution in [1.82, 2.24) is 4.90 Å². The van der Waals surface area contributed by atoms with Gasteiger partial charge in [-0.2, -0.15) is 11.8 Å². The Morgan fingerprint density at radius 1 is 1.17 bits per heavy atom. The molecule has 1 saturated heterocycles. The zero-order valence-electron chi connectivity index (χ0n) is 13.7. The summed E-state index contributed by atoms with van der Waals surface area (Å²) in [6.07, 6.45) is 5.00. The number of rotatable bonds is 4. The Morgan fingerprint density at radius 3 is 2.74 bits per heavy atom. The number of benzene rings is 1. The molecule has 4 heteroatoms. The maximum absolute atomic E-state index is 12.7. The number of nitrogens with one attached hydrogen (secondary N) is 1. The molecule has 3 fully saturated rings. The normalized spacial score (nSPS) is 30.5. The third-order valence-electron chi connectivity index (χ3n) is 5.85. The summed E-state index contributed by atoms with van der Waals surface area (Å²) in [7, 11) is 0. The highest BCUT2D eigenvalue weighted by molar-refractivity contribution is 7.99. The van der Waals surface area contributed by atoms with Gasteiger partial charge in [0, 0.05) is 42.7 Å². The second kappa shape index (κ2) is 6.86. The van der Waals surface area contributed by atoms with Crippen molar-refractivity contribution in [3.8, 4) is 0 Å². The largest absolute Gasteiger partial charge is 0.326 e. The van der Waals surface area contributed by atoms with Gasteiger partial charge in [-0.25, -0.2) is 0 Å². The highest BCUT2D eigenvalue weighted by Gasteiger charge is 2.43. The SMILES string of the molecule is O=C(Nc1ccccc1CN1CCSCC1)[C@@H]1C[C@H]2CC[C@H]1C2. The summed E-state index contributed by atoms with van der Waals surface area (Å²) in [4.78, 5) is 15.2. The number of hydrogen-bond donors (Lipinski definition) is 1. The number of nitrogens with zero attached hydrogens (tertiary/aromatic N) is 1. The van der Waals surface area contributed by atoms with E-state index in [2.05, 4.69) is 28.4 Å². The molecule has 2 aliphatic carbocycles. The topological polar surface area (TPSA) is 32.3 Å². The first-order chi connectivity index (χ1) is 11.3. The Bertz CT molecular complexity index is 570. The van der Waals surface area contributed by atoms with Crippen LogP contribution in [0.4, 0.5) is 5.69 Å². The second-order valence-electron chi connectivity index (χ2n) is 7.32. The van der Waals surface area contributed by atoms with E-state index in [4.69, 9.17) is 0 Å². The van der Waals surface area contributed by atoms with Crippen LogP contribution in [0.1, 0.15) is 31.2 Å². The van der Waals surface area contributed by atoms with Crippen molar-refractivity contribution >= 4 is 23.4 Å². The molecule has 2 saturated carbocycles. The Hall–Kier alpha value is -1.00. The van der Waals surface area contributed by atoms with Gasteiger partial charge < -0.3 is 5.32 Å². The van der Waals surface area contributed by atoms with E-state index in [1.54, 1.807) is 0 Å². The average Bonchev–Trinajstić information content (AvgIpc) is 3.21. The number of anilines is 1. The smallest absolute Gasteiger partial charge is 0.227 e. The predicted octanol–water partition coefficient (Wildman–Crippen LogP) is 3.61. The molecule has 0 spiro atoms. The van der Waals surface area contributed by atoms with E-state index in [1.807, 2.05) is 17.8 Å². The maximum atomic E-state index is 12.7. The Labute approximate surface area is 143 Å². The van der Waals surface area contributed by atoms with Gasteiger partial charge in [-0.05, 0) is 42.7 Å². The molecule has 3 aliphatic rings. The molecule has 2 bridgehead atoms.